The van der Waals surface area contributed by atoms with E-state index in [9.17, 15) is 18.0 Å². The first kappa shape index (κ1) is 34.7. The molecule has 244 valence electrons. The number of carbonyl (C=O) groups is 1. The van der Waals surface area contributed by atoms with Crippen LogP contribution in [0.15, 0.2) is 60.9 Å². The number of hydrogen-bond donors (Lipinski definition) is 0. The zero-order chi connectivity index (χ0) is 32.6. The van der Waals surface area contributed by atoms with E-state index < -0.39 is 11.7 Å². The molecule has 0 spiro atoms. The van der Waals surface area contributed by atoms with Gasteiger partial charge in [-0.15, -0.1) is 0 Å². The number of anilines is 1. The lowest BCUT2D eigenvalue weighted by molar-refractivity contribution is -0.137. The number of rotatable bonds is 12. The highest BCUT2D eigenvalue weighted by Gasteiger charge is 2.41. The molecule has 1 saturated heterocycles. The molecule has 7 nitrogen and oxygen atoms in total. The van der Waals surface area contributed by atoms with Crippen LogP contribution in [-0.4, -0.2) is 63.8 Å². The van der Waals surface area contributed by atoms with E-state index in [2.05, 4.69) is 9.97 Å². The van der Waals surface area contributed by atoms with Crippen molar-refractivity contribution in [2.24, 2.45) is 0 Å². The van der Waals surface area contributed by atoms with Gasteiger partial charge in [0.05, 0.1) is 30.7 Å². The third-order valence-corrected chi connectivity index (χ3v) is 8.51. The fraction of sp³-hybridized carbons (Fsp3) is 0.485. The summed E-state index contributed by atoms with van der Waals surface area (Å²) in [5.74, 6) is 1.68. The summed E-state index contributed by atoms with van der Waals surface area (Å²) in [4.78, 5) is 26.4. The van der Waals surface area contributed by atoms with Gasteiger partial charge in [0, 0.05) is 35.4 Å². The molecule has 2 aromatic carbocycles. The molecule has 0 radical (unpaired) electrons. The molecular weight excluding hydrogens is 625 g/mol. The minimum absolute atomic E-state index is 0.00197. The zero-order valence-corrected chi connectivity index (χ0v) is 27.5. The van der Waals surface area contributed by atoms with E-state index in [1.807, 2.05) is 67.2 Å². The average molecular weight is 665 g/mol. The highest BCUT2D eigenvalue weighted by Crippen LogP contribution is 2.36. The van der Waals surface area contributed by atoms with Gasteiger partial charge in [-0.1, -0.05) is 48.9 Å². The molecule has 1 aliphatic heterocycles. The molecule has 1 amide bonds. The number of amides is 1. The van der Waals surface area contributed by atoms with Crippen LogP contribution in [0, 0.1) is 0 Å². The third kappa shape index (κ3) is 9.66. The number of alkyl halides is 3. The van der Waals surface area contributed by atoms with E-state index >= 15 is 0 Å². The first-order valence-corrected chi connectivity index (χ1v) is 16.9. The molecule has 2 heterocycles. The van der Waals surface area contributed by atoms with E-state index in [0.29, 0.717) is 49.6 Å². The largest absolute Gasteiger partial charge is 0.489 e. The number of benzene rings is 2. The highest BCUT2D eigenvalue weighted by molar-refractivity contribution is 7.98. The van der Waals surface area contributed by atoms with Crippen LogP contribution in [0.4, 0.5) is 23.9 Å². The summed E-state index contributed by atoms with van der Waals surface area (Å²) in [6.07, 6.45) is 2.31. The van der Waals surface area contributed by atoms with Gasteiger partial charge >= 0.3 is 12.3 Å². The van der Waals surface area contributed by atoms with Crippen LogP contribution in [-0.2, 0) is 23.9 Å². The Hall–Kier alpha value is -3.18. The van der Waals surface area contributed by atoms with Crippen LogP contribution in [0.1, 0.15) is 56.7 Å². The molecule has 0 N–H and O–H groups in total. The molecule has 1 fully saturated rings. The predicted octanol–water partition coefficient (Wildman–Crippen LogP) is 8.30. The van der Waals surface area contributed by atoms with Gasteiger partial charge in [-0.3, -0.25) is 0 Å². The monoisotopic (exact) mass is 664 g/mol. The Labute approximate surface area is 272 Å². The number of piperidine rings is 1. The van der Waals surface area contributed by atoms with Crippen molar-refractivity contribution in [1.29, 1.82) is 0 Å². The van der Waals surface area contributed by atoms with Crippen molar-refractivity contribution in [3.05, 3.63) is 82.6 Å². The molecule has 3 atom stereocenters. The van der Waals surface area contributed by atoms with Gasteiger partial charge in [0.2, 0.25) is 5.95 Å². The Morgan fingerprint density at radius 1 is 1.09 bits per heavy atom. The molecular formula is C33H40ClF3N4O3S. The molecule has 4 rings (SSSR count). The fourth-order valence-corrected chi connectivity index (χ4v) is 6.24. The Morgan fingerprint density at radius 3 is 2.40 bits per heavy atom. The maximum Gasteiger partial charge on any atom is 0.416 e. The molecule has 0 bridgehead atoms. The number of ether oxygens (including phenoxy) is 2. The molecule has 12 heteroatoms. The quantitative estimate of drug-likeness (QED) is 0.181. The Bertz CT molecular complexity index is 1380. The maximum atomic E-state index is 13.7. The molecule has 1 aromatic heterocycles. The van der Waals surface area contributed by atoms with Crippen LogP contribution >= 0.6 is 23.4 Å². The van der Waals surface area contributed by atoms with E-state index in [-0.39, 0.29) is 41.9 Å². The number of halogens is 4. The van der Waals surface area contributed by atoms with E-state index in [4.69, 9.17) is 21.1 Å². The van der Waals surface area contributed by atoms with Crippen molar-refractivity contribution in [2.45, 2.75) is 83.4 Å². The molecule has 0 aliphatic carbocycles. The smallest absolute Gasteiger partial charge is 0.416 e. The third-order valence-electron chi connectivity index (χ3n) is 7.71. The van der Waals surface area contributed by atoms with Gasteiger partial charge in [0.1, 0.15) is 0 Å². The molecule has 3 unspecified atom stereocenters. The second-order valence-electron chi connectivity index (χ2n) is 11.4. The van der Waals surface area contributed by atoms with Crippen molar-refractivity contribution < 1.29 is 27.4 Å². The summed E-state index contributed by atoms with van der Waals surface area (Å²) in [6, 6.07) is 12.9. The molecule has 1 aliphatic rings. The molecule has 0 saturated carbocycles. The number of thioether (sulfide) groups is 1. The van der Waals surface area contributed by atoms with E-state index in [0.717, 1.165) is 23.4 Å². The van der Waals surface area contributed by atoms with Crippen LogP contribution in [0.2, 0.25) is 5.02 Å². The van der Waals surface area contributed by atoms with Crippen LogP contribution in [0.25, 0.3) is 0 Å². The van der Waals surface area contributed by atoms with Gasteiger partial charge in [0.25, 0.3) is 0 Å². The summed E-state index contributed by atoms with van der Waals surface area (Å²) in [5, 5.41) is -0.00197. The van der Waals surface area contributed by atoms with Crippen molar-refractivity contribution in [1.82, 2.24) is 14.9 Å². The van der Waals surface area contributed by atoms with E-state index in [1.165, 1.54) is 6.07 Å². The van der Waals surface area contributed by atoms with Crippen LogP contribution in [0.3, 0.4) is 0 Å². The van der Waals surface area contributed by atoms with Gasteiger partial charge in [-0.2, -0.15) is 24.9 Å². The first-order valence-electron chi connectivity index (χ1n) is 15.1. The summed E-state index contributed by atoms with van der Waals surface area (Å²) in [6.45, 7) is 6.26. The molecule has 45 heavy (non-hydrogen) atoms. The molecule has 3 aromatic rings. The second kappa shape index (κ2) is 15.9. The highest BCUT2D eigenvalue weighted by atomic mass is 35.5. The summed E-state index contributed by atoms with van der Waals surface area (Å²) >= 11 is 7.84. The predicted molar refractivity (Wildman–Crippen MR) is 173 cm³/mol. The van der Waals surface area contributed by atoms with Gasteiger partial charge < -0.3 is 19.3 Å². The summed E-state index contributed by atoms with van der Waals surface area (Å²) in [7, 11) is 0. The number of nitrogens with zero attached hydrogens (tertiary/aromatic N) is 4. The van der Waals surface area contributed by atoms with Gasteiger partial charge in [0.15, 0.2) is 5.75 Å². The number of carbonyl (C=O) groups excluding carboxylic acids is 1. The Balaban J connectivity index is 1.73. The number of likely N-dealkylation sites (tertiary alicyclic amines) is 1. The normalized spacial score (nSPS) is 18.6. The lowest BCUT2D eigenvalue weighted by atomic mass is 9.86. The maximum absolute atomic E-state index is 13.7. The topological polar surface area (TPSA) is 67.8 Å². The Kier molecular flexibility index (Phi) is 12.2. The van der Waals surface area contributed by atoms with Crippen LogP contribution < -0.4 is 9.64 Å². The summed E-state index contributed by atoms with van der Waals surface area (Å²) in [5.41, 5.74) is 0.635. The van der Waals surface area contributed by atoms with E-state index in [1.54, 1.807) is 24.2 Å². The van der Waals surface area contributed by atoms with Crippen LogP contribution in [0.5, 0.6) is 5.75 Å². The standard InChI is InChI=1S/C33H40ClF3N4O3S/c1-5-27-17-28(18-29(15-23-9-7-6-8-10-23)41(27)32(42)44-22(2)3)40(31-38-19-30(20-39-31)43-11-12-45-4)21-24-13-25(33(35,36)37)16-26(34)14-24/h6-10,13-14,16,19-20,22,27-29H,5,11-12,15,17-18,21H2,1-4H3. The first-order chi connectivity index (χ1) is 21.5. The van der Waals surface area contributed by atoms with Gasteiger partial charge in [-0.05, 0) is 75.1 Å². The number of aromatic nitrogens is 2. The minimum Gasteiger partial charge on any atom is -0.489 e. The fourth-order valence-electron chi connectivity index (χ4n) is 5.74. The zero-order valence-electron chi connectivity index (χ0n) is 26.0. The van der Waals surface area contributed by atoms with Crippen molar-refractivity contribution in [3.8, 4) is 5.75 Å². The number of hydrogen-bond acceptors (Lipinski definition) is 7. The Morgan fingerprint density at radius 2 is 1.78 bits per heavy atom. The lowest BCUT2D eigenvalue weighted by Gasteiger charge is -2.47. The second-order valence-corrected chi connectivity index (χ2v) is 12.8. The SMILES string of the molecule is CCC1CC(N(Cc2cc(Cl)cc(C(F)(F)F)c2)c2ncc(OCCSC)cn2)CC(Cc2ccccc2)N1C(=O)OC(C)C. The lowest BCUT2D eigenvalue weighted by Crippen LogP contribution is -2.58. The van der Waals surface area contributed by atoms with Gasteiger partial charge in [-0.25, -0.2) is 14.8 Å². The van der Waals surface area contributed by atoms with Crippen molar-refractivity contribution in [3.63, 3.8) is 0 Å². The minimum atomic E-state index is -4.55. The average Bonchev–Trinajstić information content (AvgIpc) is 2.99. The van der Waals surface area contributed by atoms with Crippen molar-refractivity contribution in [2.75, 3.05) is 23.5 Å². The van der Waals surface area contributed by atoms with Crippen molar-refractivity contribution >= 4 is 35.4 Å². The summed E-state index contributed by atoms with van der Waals surface area (Å²) < 4.78 is 52.6.